The van der Waals surface area contributed by atoms with E-state index in [9.17, 15) is 0 Å². The Morgan fingerprint density at radius 3 is 2.40 bits per heavy atom. The van der Waals surface area contributed by atoms with E-state index in [-0.39, 0.29) is 0 Å². The molecule has 0 amide bonds. The summed E-state index contributed by atoms with van der Waals surface area (Å²) >= 11 is 0. The SMILES string of the molecule is Nc1ccc2c(N(CC3CC3)CC3CC3)ncnc2n1. The highest BCUT2D eigenvalue weighted by molar-refractivity contribution is 5.87. The second-order valence-electron chi connectivity index (χ2n) is 6.10. The molecule has 2 N–H and O–H groups in total. The standard InChI is InChI=1S/C15H19N5/c16-13-6-5-12-14(19-13)17-9-18-15(12)20(7-10-1-2-10)8-11-3-4-11/h5-6,9-11H,1-4,7-8H2,(H2,16,17,18,19). The lowest BCUT2D eigenvalue weighted by Gasteiger charge is -2.24. The van der Waals surface area contributed by atoms with Crippen molar-refractivity contribution < 1.29 is 0 Å². The van der Waals surface area contributed by atoms with E-state index in [0.717, 1.165) is 36.1 Å². The number of nitrogen functional groups attached to an aromatic ring is 1. The number of rotatable bonds is 5. The van der Waals surface area contributed by atoms with Crippen LogP contribution < -0.4 is 10.6 Å². The minimum atomic E-state index is 0.512. The van der Waals surface area contributed by atoms with Gasteiger partial charge in [0.2, 0.25) is 0 Å². The predicted molar refractivity (Wildman–Crippen MR) is 79.4 cm³/mol. The Labute approximate surface area is 118 Å². The van der Waals surface area contributed by atoms with E-state index < -0.39 is 0 Å². The van der Waals surface area contributed by atoms with Crippen molar-refractivity contribution in [3.63, 3.8) is 0 Å². The predicted octanol–water partition coefficient (Wildman–Crippen LogP) is 2.23. The van der Waals surface area contributed by atoms with Crippen LogP contribution in [0.15, 0.2) is 18.5 Å². The van der Waals surface area contributed by atoms with Gasteiger partial charge in [0.1, 0.15) is 18.0 Å². The number of aromatic nitrogens is 3. The summed E-state index contributed by atoms with van der Waals surface area (Å²) in [5, 5.41) is 1.02. The second kappa shape index (κ2) is 4.58. The van der Waals surface area contributed by atoms with Crippen molar-refractivity contribution in [1.82, 2.24) is 15.0 Å². The zero-order valence-corrected chi connectivity index (χ0v) is 11.5. The lowest BCUT2D eigenvalue weighted by molar-refractivity contribution is 0.673. The summed E-state index contributed by atoms with van der Waals surface area (Å²) in [6.45, 7) is 2.24. The highest BCUT2D eigenvalue weighted by Gasteiger charge is 2.30. The largest absolute Gasteiger partial charge is 0.384 e. The van der Waals surface area contributed by atoms with E-state index in [2.05, 4.69) is 19.9 Å². The van der Waals surface area contributed by atoms with Gasteiger partial charge in [0, 0.05) is 13.1 Å². The molecule has 0 saturated heterocycles. The average molecular weight is 269 g/mol. The van der Waals surface area contributed by atoms with Crippen molar-refractivity contribution in [3.05, 3.63) is 18.5 Å². The van der Waals surface area contributed by atoms with Crippen LogP contribution in [0.2, 0.25) is 0 Å². The van der Waals surface area contributed by atoms with Crippen LogP contribution in [0.1, 0.15) is 25.7 Å². The molecule has 0 spiro atoms. The summed E-state index contributed by atoms with van der Waals surface area (Å²) in [6, 6.07) is 3.83. The topological polar surface area (TPSA) is 67.9 Å². The molecule has 0 aromatic carbocycles. The molecule has 2 aromatic heterocycles. The second-order valence-corrected chi connectivity index (χ2v) is 6.10. The zero-order valence-electron chi connectivity index (χ0n) is 11.5. The van der Waals surface area contributed by atoms with Crippen LogP contribution in [0.4, 0.5) is 11.6 Å². The number of fused-ring (bicyclic) bond motifs is 1. The number of nitrogens with two attached hydrogens (primary N) is 1. The highest BCUT2D eigenvalue weighted by atomic mass is 15.2. The van der Waals surface area contributed by atoms with Crippen molar-refractivity contribution >= 4 is 22.7 Å². The van der Waals surface area contributed by atoms with Gasteiger partial charge in [0.05, 0.1) is 5.39 Å². The molecule has 0 radical (unpaired) electrons. The van der Waals surface area contributed by atoms with E-state index in [1.807, 2.05) is 12.1 Å². The number of hydrogen-bond donors (Lipinski definition) is 1. The molecule has 104 valence electrons. The molecular weight excluding hydrogens is 250 g/mol. The lowest BCUT2D eigenvalue weighted by atomic mass is 10.2. The Balaban J connectivity index is 1.72. The number of nitrogens with zero attached hydrogens (tertiary/aromatic N) is 4. The van der Waals surface area contributed by atoms with Crippen LogP contribution in [-0.2, 0) is 0 Å². The molecule has 20 heavy (non-hydrogen) atoms. The number of hydrogen-bond acceptors (Lipinski definition) is 5. The molecule has 2 aliphatic carbocycles. The van der Waals surface area contributed by atoms with Gasteiger partial charge in [-0.15, -0.1) is 0 Å². The van der Waals surface area contributed by atoms with Gasteiger partial charge in [-0.05, 0) is 49.7 Å². The third kappa shape index (κ3) is 2.40. The zero-order chi connectivity index (χ0) is 13.5. The summed E-state index contributed by atoms with van der Waals surface area (Å²) < 4.78 is 0. The third-order valence-corrected chi connectivity index (χ3v) is 4.15. The summed E-state index contributed by atoms with van der Waals surface area (Å²) in [4.78, 5) is 15.5. The van der Waals surface area contributed by atoms with Gasteiger partial charge >= 0.3 is 0 Å². The lowest BCUT2D eigenvalue weighted by Crippen LogP contribution is -2.29. The van der Waals surface area contributed by atoms with Crippen molar-refractivity contribution in [3.8, 4) is 0 Å². The summed E-state index contributed by atoms with van der Waals surface area (Å²) in [6.07, 6.45) is 7.03. The maximum atomic E-state index is 5.75. The monoisotopic (exact) mass is 269 g/mol. The van der Waals surface area contributed by atoms with Gasteiger partial charge in [-0.1, -0.05) is 0 Å². The Kier molecular flexibility index (Phi) is 2.72. The Morgan fingerprint density at radius 2 is 1.75 bits per heavy atom. The molecule has 0 atom stereocenters. The first-order valence-electron chi connectivity index (χ1n) is 7.42. The quantitative estimate of drug-likeness (QED) is 0.901. The molecule has 2 heterocycles. The summed E-state index contributed by atoms with van der Waals surface area (Å²) in [5.41, 5.74) is 6.45. The van der Waals surface area contributed by atoms with Crippen LogP contribution in [0.5, 0.6) is 0 Å². The van der Waals surface area contributed by atoms with Gasteiger partial charge in [-0.3, -0.25) is 0 Å². The van der Waals surface area contributed by atoms with Crippen LogP contribution >= 0.6 is 0 Å². The van der Waals surface area contributed by atoms with Gasteiger partial charge in [-0.25, -0.2) is 15.0 Å². The van der Waals surface area contributed by atoms with E-state index in [0.29, 0.717) is 11.5 Å². The van der Waals surface area contributed by atoms with Crippen LogP contribution in [0, 0.1) is 11.8 Å². The fraction of sp³-hybridized carbons (Fsp3) is 0.533. The average Bonchev–Trinajstić information content (AvgIpc) is 3.32. The first-order chi connectivity index (χ1) is 9.79. The maximum Gasteiger partial charge on any atom is 0.166 e. The smallest absolute Gasteiger partial charge is 0.166 e. The first-order valence-corrected chi connectivity index (χ1v) is 7.42. The van der Waals surface area contributed by atoms with E-state index >= 15 is 0 Å². The fourth-order valence-electron chi connectivity index (χ4n) is 2.67. The van der Waals surface area contributed by atoms with Gasteiger partial charge in [0.25, 0.3) is 0 Å². The van der Waals surface area contributed by atoms with Crippen molar-refractivity contribution in [2.75, 3.05) is 23.7 Å². The van der Waals surface area contributed by atoms with Crippen LogP contribution in [0.3, 0.4) is 0 Å². The van der Waals surface area contributed by atoms with Crippen molar-refractivity contribution in [2.45, 2.75) is 25.7 Å². The normalized spacial score (nSPS) is 18.4. The molecule has 4 rings (SSSR count). The Morgan fingerprint density at radius 1 is 1.05 bits per heavy atom. The van der Waals surface area contributed by atoms with Crippen molar-refractivity contribution in [2.24, 2.45) is 11.8 Å². The summed E-state index contributed by atoms with van der Waals surface area (Å²) in [5.74, 6) is 3.24. The minimum Gasteiger partial charge on any atom is -0.384 e. The molecule has 0 aliphatic heterocycles. The van der Waals surface area contributed by atoms with Gasteiger partial charge in [0.15, 0.2) is 5.65 Å². The van der Waals surface area contributed by atoms with Crippen LogP contribution in [-0.4, -0.2) is 28.0 Å². The number of anilines is 2. The number of pyridine rings is 1. The van der Waals surface area contributed by atoms with E-state index in [1.165, 1.54) is 25.7 Å². The minimum absolute atomic E-state index is 0.512. The molecule has 5 heteroatoms. The fourth-order valence-corrected chi connectivity index (χ4v) is 2.67. The molecule has 2 aromatic rings. The van der Waals surface area contributed by atoms with E-state index in [4.69, 9.17) is 5.73 Å². The highest BCUT2D eigenvalue weighted by Crippen LogP contribution is 2.36. The molecule has 2 saturated carbocycles. The molecule has 5 nitrogen and oxygen atoms in total. The third-order valence-electron chi connectivity index (χ3n) is 4.15. The van der Waals surface area contributed by atoms with E-state index in [1.54, 1.807) is 6.33 Å². The summed E-state index contributed by atoms with van der Waals surface area (Å²) in [7, 11) is 0. The maximum absolute atomic E-state index is 5.75. The first kappa shape index (κ1) is 11.9. The Hall–Kier alpha value is -1.91. The van der Waals surface area contributed by atoms with Gasteiger partial charge < -0.3 is 10.6 Å². The molecule has 0 unspecified atom stereocenters. The van der Waals surface area contributed by atoms with Crippen molar-refractivity contribution in [1.29, 1.82) is 0 Å². The molecule has 2 fully saturated rings. The van der Waals surface area contributed by atoms with Crippen LogP contribution in [0.25, 0.3) is 11.0 Å². The molecule has 2 aliphatic rings. The van der Waals surface area contributed by atoms with Gasteiger partial charge in [-0.2, -0.15) is 0 Å². The molecular formula is C15H19N5. The Bertz CT molecular complexity index is 619. The molecule has 0 bridgehead atoms.